The van der Waals surface area contributed by atoms with Crippen LogP contribution < -0.4 is 5.32 Å². The first kappa shape index (κ1) is 11.6. The molecule has 0 saturated carbocycles. The van der Waals surface area contributed by atoms with E-state index in [1.165, 1.54) is 15.3 Å². The lowest BCUT2D eigenvalue weighted by atomic mass is 10.1. The molecule has 0 spiro atoms. The monoisotopic (exact) mass is 251 g/mol. The van der Waals surface area contributed by atoms with Crippen molar-refractivity contribution in [3.8, 4) is 10.4 Å². The van der Waals surface area contributed by atoms with Gasteiger partial charge in [-0.3, -0.25) is 0 Å². The summed E-state index contributed by atoms with van der Waals surface area (Å²) in [6, 6.07) is 10.4. The summed E-state index contributed by atoms with van der Waals surface area (Å²) in [5.74, 6) is 0. The molecule has 0 amide bonds. The molecule has 3 heteroatoms. The van der Waals surface area contributed by atoms with Gasteiger partial charge in [-0.1, -0.05) is 23.7 Å². The highest BCUT2D eigenvalue weighted by molar-refractivity contribution is 7.15. The van der Waals surface area contributed by atoms with Gasteiger partial charge in [0.05, 0.1) is 0 Å². The third-order valence-electron chi connectivity index (χ3n) is 2.55. The molecule has 0 aliphatic rings. The largest absolute Gasteiger partial charge is 0.315 e. The second-order valence-electron chi connectivity index (χ2n) is 3.71. The molecular weight excluding hydrogens is 238 g/mol. The number of rotatable bonds is 3. The van der Waals surface area contributed by atoms with Crippen LogP contribution in [0.1, 0.15) is 10.4 Å². The maximum Gasteiger partial charge on any atom is 0.0441 e. The second kappa shape index (κ2) is 5.00. The number of hydrogen-bond acceptors (Lipinski definition) is 2. The van der Waals surface area contributed by atoms with Crippen molar-refractivity contribution in [1.29, 1.82) is 0 Å². The molecule has 0 saturated heterocycles. The van der Waals surface area contributed by atoms with Crippen molar-refractivity contribution in [3.63, 3.8) is 0 Å². The van der Waals surface area contributed by atoms with Crippen LogP contribution in [0.4, 0.5) is 0 Å². The zero-order valence-electron chi connectivity index (χ0n) is 9.38. The molecule has 0 bridgehead atoms. The van der Waals surface area contributed by atoms with Crippen molar-refractivity contribution < 1.29 is 0 Å². The quantitative estimate of drug-likeness (QED) is 0.866. The lowest BCUT2D eigenvalue weighted by Crippen LogP contribution is -2.02. The number of nitrogens with one attached hydrogen (secondary N) is 1. The molecule has 1 aromatic carbocycles. The van der Waals surface area contributed by atoms with Crippen LogP contribution in [0.25, 0.3) is 10.4 Å². The van der Waals surface area contributed by atoms with Gasteiger partial charge in [-0.15, -0.1) is 11.3 Å². The average molecular weight is 252 g/mol. The smallest absolute Gasteiger partial charge is 0.0441 e. The van der Waals surface area contributed by atoms with Crippen LogP contribution in [0.3, 0.4) is 0 Å². The molecule has 84 valence electrons. The van der Waals surface area contributed by atoms with Crippen LogP contribution in [-0.2, 0) is 6.54 Å². The molecule has 1 aromatic heterocycles. The molecule has 0 aliphatic heterocycles. The molecule has 1 nitrogen and oxygen atoms in total. The molecule has 2 aromatic rings. The predicted octanol–water partition coefficient (Wildman–Crippen LogP) is 4.10. The topological polar surface area (TPSA) is 12.0 Å². The van der Waals surface area contributed by atoms with Crippen LogP contribution in [-0.4, -0.2) is 7.05 Å². The van der Waals surface area contributed by atoms with E-state index in [-0.39, 0.29) is 0 Å². The minimum Gasteiger partial charge on any atom is -0.315 e. The Balaban J connectivity index is 2.39. The normalized spacial score (nSPS) is 10.7. The number of thiophene rings is 1. The minimum absolute atomic E-state index is 0.834. The van der Waals surface area contributed by atoms with E-state index in [9.17, 15) is 0 Å². The predicted molar refractivity (Wildman–Crippen MR) is 72.3 cm³/mol. The highest BCUT2D eigenvalue weighted by atomic mass is 35.5. The van der Waals surface area contributed by atoms with Gasteiger partial charge < -0.3 is 5.32 Å². The van der Waals surface area contributed by atoms with Gasteiger partial charge in [0, 0.05) is 21.3 Å². The standard InChI is InChI=1S/C13H14ClNS/c1-9-11(4-3-5-12(9)14)13-7-6-10(16-13)8-15-2/h3-7,15H,8H2,1-2H3. The van der Waals surface area contributed by atoms with E-state index in [4.69, 9.17) is 11.6 Å². The molecular formula is C13H14ClNS. The van der Waals surface area contributed by atoms with E-state index in [1.54, 1.807) is 0 Å². The second-order valence-corrected chi connectivity index (χ2v) is 5.28. The summed E-state index contributed by atoms with van der Waals surface area (Å²) >= 11 is 7.94. The SMILES string of the molecule is CNCc1ccc(-c2cccc(Cl)c2C)s1. The summed E-state index contributed by atoms with van der Waals surface area (Å²) in [7, 11) is 1.96. The van der Waals surface area contributed by atoms with Crippen molar-refractivity contribution in [2.24, 2.45) is 0 Å². The summed E-state index contributed by atoms with van der Waals surface area (Å²) in [6.07, 6.45) is 0. The molecule has 0 aliphatic carbocycles. The first-order chi connectivity index (χ1) is 7.72. The van der Waals surface area contributed by atoms with Crippen molar-refractivity contribution in [3.05, 3.63) is 45.8 Å². The summed E-state index contributed by atoms with van der Waals surface area (Å²) < 4.78 is 0. The third kappa shape index (κ3) is 2.29. The highest BCUT2D eigenvalue weighted by Gasteiger charge is 2.07. The van der Waals surface area contributed by atoms with Gasteiger partial charge in [-0.25, -0.2) is 0 Å². The lowest BCUT2D eigenvalue weighted by Gasteiger charge is -2.04. The van der Waals surface area contributed by atoms with Gasteiger partial charge in [0.15, 0.2) is 0 Å². The summed E-state index contributed by atoms with van der Waals surface area (Å²) in [5, 5.41) is 3.99. The number of benzene rings is 1. The summed E-state index contributed by atoms with van der Waals surface area (Å²) in [6.45, 7) is 2.99. The Morgan fingerprint density at radius 3 is 2.81 bits per heavy atom. The Bertz CT molecular complexity index is 490. The van der Waals surface area contributed by atoms with Gasteiger partial charge in [-0.05, 0) is 43.3 Å². The van der Waals surface area contributed by atoms with Gasteiger partial charge in [-0.2, -0.15) is 0 Å². The Morgan fingerprint density at radius 1 is 1.25 bits per heavy atom. The first-order valence-corrected chi connectivity index (χ1v) is 6.40. The van der Waals surface area contributed by atoms with Crippen LogP contribution in [0.5, 0.6) is 0 Å². The fourth-order valence-electron chi connectivity index (χ4n) is 1.67. The van der Waals surface area contributed by atoms with Gasteiger partial charge in [0.1, 0.15) is 0 Å². The van der Waals surface area contributed by atoms with Crippen LogP contribution in [0.15, 0.2) is 30.3 Å². The molecule has 1 N–H and O–H groups in total. The lowest BCUT2D eigenvalue weighted by molar-refractivity contribution is 0.831. The van der Waals surface area contributed by atoms with E-state index in [2.05, 4.69) is 30.4 Å². The molecule has 1 heterocycles. The van der Waals surface area contributed by atoms with Crippen molar-refractivity contribution >= 4 is 22.9 Å². The van der Waals surface area contributed by atoms with Crippen LogP contribution in [0.2, 0.25) is 5.02 Å². The van der Waals surface area contributed by atoms with E-state index < -0.39 is 0 Å². The Kier molecular flexibility index (Phi) is 3.64. The van der Waals surface area contributed by atoms with E-state index in [0.29, 0.717) is 0 Å². The average Bonchev–Trinajstić information content (AvgIpc) is 2.71. The molecule has 0 fully saturated rings. The van der Waals surface area contributed by atoms with Gasteiger partial charge >= 0.3 is 0 Å². The van der Waals surface area contributed by atoms with Crippen LogP contribution in [0, 0.1) is 6.92 Å². The molecule has 0 unspecified atom stereocenters. The van der Waals surface area contributed by atoms with Crippen LogP contribution >= 0.6 is 22.9 Å². The molecule has 0 radical (unpaired) electrons. The van der Waals surface area contributed by atoms with Crippen molar-refractivity contribution in [2.45, 2.75) is 13.5 Å². The fourth-order valence-corrected chi connectivity index (χ4v) is 2.94. The zero-order chi connectivity index (χ0) is 11.5. The molecule has 2 rings (SSSR count). The minimum atomic E-state index is 0.834. The Morgan fingerprint density at radius 2 is 2.06 bits per heavy atom. The summed E-state index contributed by atoms with van der Waals surface area (Å²) in [4.78, 5) is 2.63. The maximum absolute atomic E-state index is 6.12. The number of hydrogen-bond donors (Lipinski definition) is 1. The van der Waals surface area contributed by atoms with Crippen molar-refractivity contribution in [1.82, 2.24) is 5.32 Å². The third-order valence-corrected chi connectivity index (χ3v) is 4.07. The zero-order valence-corrected chi connectivity index (χ0v) is 11.0. The Labute approximate surface area is 105 Å². The highest BCUT2D eigenvalue weighted by Crippen LogP contribution is 2.33. The maximum atomic E-state index is 6.12. The van der Waals surface area contributed by atoms with Gasteiger partial charge in [0.2, 0.25) is 0 Å². The van der Waals surface area contributed by atoms with E-state index >= 15 is 0 Å². The van der Waals surface area contributed by atoms with Gasteiger partial charge in [0.25, 0.3) is 0 Å². The van der Waals surface area contributed by atoms with E-state index in [0.717, 1.165) is 17.1 Å². The molecule has 16 heavy (non-hydrogen) atoms. The number of halogens is 1. The first-order valence-electron chi connectivity index (χ1n) is 5.21. The fraction of sp³-hybridized carbons (Fsp3) is 0.231. The van der Waals surface area contributed by atoms with Crippen molar-refractivity contribution in [2.75, 3.05) is 7.05 Å². The Hall–Kier alpha value is -0.830. The molecule has 0 atom stereocenters. The summed E-state index contributed by atoms with van der Waals surface area (Å²) in [5.41, 5.74) is 2.39. The van der Waals surface area contributed by atoms with E-state index in [1.807, 2.05) is 30.5 Å².